The van der Waals surface area contributed by atoms with Crippen molar-refractivity contribution in [2.24, 2.45) is 5.84 Å². The number of rotatable bonds is 5. The average molecular weight is 304 g/mol. The van der Waals surface area contributed by atoms with Gasteiger partial charge < -0.3 is 10.7 Å². The number of hydrogen-bond acceptors (Lipinski definition) is 7. The van der Waals surface area contributed by atoms with E-state index in [0.29, 0.717) is 11.7 Å². The van der Waals surface area contributed by atoms with Crippen molar-refractivity contribution in [3.63, 3.8) is 0 Å². The Morgan fingerprint density at radius 2 is 2.00 bits per heavy atom. The van der Waals surface area contributed by atoms with Crippen LogP contribution in [0.5, 0.6) is 0 Å². The lowest BCUT2D eigenvalue weighted by Gasteiger charge is -2.26. The monoisotopic (exact) mass is 304 g/mol. The summed E-state index contributed by atoms with van der Waals surface area (Å²) in [5.74, 6) is 8.43. The fourth-order valence-corrected chi connectivity index (χ4v) is 2.92. The van der Waals surface area contributed by atoms with Gasteiger partial charge in [0.15, 0.2) is 0 Å². The van der Waals surface area contributed by atoms with Crippen molar-refractivity contribution < 1.29 is 0 Å². The van der Waals surface area contributed by atoms with Gasteiger partial charge in [0.2, 0.25) is 0 Å². The third-order valence-corrected chi connectivity index (χ3v) is 4.74. The van der Waals surface area contributed by atoms with Crippen molar-refractivity contribution in [2.75, 3.05) is 10.7 Å². The first-order valence-electron chi connectivity index (χ1n) is 7.04. The molecule has 0 amide bonds. The number of nitrogen functional groups attached to an aromatic ring is 1. The van der Waals surface area contributed by atoms with Gasteiger partial charge in [-0.3, -0.25) is 0 Å². The van der Waals surface area contributed by atoms with Crippen LogP contribution in [-0.2, 0) is 5.54 Å². The molecule has 2 aromatic heterocycles. The highest BCUT2D eigenvalue weighted by molar-refractivity contribution is 7.09. The van der Waals surface area contributed by atoms with E-state index >= 15 is 0 Å². The van der Waals surface area contributed by atoms with Gasteiger partial charge >= 0.3 is 0 Å². The molecular formula is C14H20N6S. The average Bonchev–Trinajstić information content (AvgIpc) is 3.14. The highest BCUT2D eigenvalue weighted by atomic mass is 32.1. The molecule has 0 bridgehead atoms. The van der Waals surface area contributed by atoms with E-state index < -0.39 is 0 Å². The molecule has 1 fully saturated rings. The standard InChI is InChI=1S/C14H20N6S/c1-8-10(19-14(2,3)13-16-6-7-21-13)17-12(9-4-5-9)18-11(8)20-15/h6-7,9H,4-5,15H2,1-3H3,(H2,17,18,19,20). The number of thiazole rings is 1. The number of nitrogens with one attached hydrogen (secondary N) is 2. The summed E-state index contributed by atoms with van der Waals surface area (Å²) in [6, 6.07) is 0. The summed E-state index contributed by atoms with van der Waals surface area (Å²) in [7, 11) is 0. The summed E-state index contributed by atoms with van der Waals surface area (Å²) in [6.07, 6.45) is 4.13. The lowest BCUT2D eigenvalue weighted by Crippen LogP contribution is -2.29. The van der Waals surface area contributed by atoms with Gasteiger partial charge in [-0.05, 0) is 33.6 Å². The Bertz CT molecular complexity index is 633. The fraction of sp³-hybridized carbons (Fsp3) is 0.500. The summed E-state index contributed by atoms with van der Waals surface area (Å²) in [4.78, 5) is 13.6. The molecular weight excluding hydrogens is 284 g/mol. The summed E-state index contributed by atoms with van der Waals surface area (Å²) >= 11 is 1.63. The molecule has 0 saturated heterocycles. The topological polar surface area (TPSA) is 88.8 Å². The first kappa shape index (κ1) is 14.2. The molecule has 7 heteroatoms. The van der Waals surface area contributed by atoms with E-state index in [0.717, 1.165) is 35.1 Å². The van der Waals surface area contributed by atoms with Crippen LogP contribution in [0.1, 0.15) is 49.0 Å². The van der Waals surface area contributed by atoms with Gasteiger partial charge in [-0.15, -0.1) is 11.3 Å². The molecule has 6 nitrogen and oxygen atoms in total. The van der Waals surface area contributed by atoms with E-state index in [1.807, 2.05) is 18.5 Å². The van der Waals surface area contributed by atoms with Gasteiger partial charge in [-0.1, -0.05) is 0 Å². The summed E-state index contributed by atoms with van der Waals surface area (Å²) in [6.45, 7) is 6.16. The number of nitrogens with zero attached hydrogens (tertiary/aromatic N) is 3. The first-order chi connectivity index (χ1) is 10.0. The maximum Gasteiger partial charge on any atom is 0.148 e. The van der Waals surface area contributed by atoms with Gasteiger partial charge in [-0.2, -0.15) is 0 Å². The summed E-state index contributed by atoms with van der Waals surface area (Å²) in [5.41, 5.74) is 3.31. The fourth-order valence-electron chi connectivity index (χ4n) is 2.20. The van der Waals surface area contributed by atoms with Crippen LogP contribution in [0.4, 0.5) is 11.6 Å². The normalized spacial score (nSPS) is 15.0. The van der Waals surface area contributed by atoms with Gasteiger partial charge in [0.1, 0.15) is 22.5 Å². The molecule has 0 spiro atoms. The summed E-state index contributed by atoms with van der Waals surface area (Å²) in [5, 5.41) is 6.49. The molecule has 2 heterocycles. The lowest BCUT2D eigenvalue weighted by atomic mass is 10.1. The zero-order valence-electron chi connectivity index (χ0n) is 12.5. The molecule has 112 valence electrons. The highest BCUT2D eigenvalue weighted by Crippen LogP contribution is 2.40. The molecule has 0 unspecified atom stereocenters. The Hall–Kier alpha value is -1.73. The molecule has 3 rings (SSSR count). The minimum Gasteiger partial charge on any atom is -0.358 e. The largest absolute Gasteiger partial charge is 0.358 e. The number of hydrazine groups is 1. The Morgan fingerprint density at radius 1 is 1.29 bits per heavy atom. The van der Waals surface area contributed by atoms with Gasteiger partial charge in [0, 0.05) is 23.1 Å². The highest BCUT2D eigenvalue weighted by Gasteiger charge is 2.30. The lowest BCUT2D eigenvalue weighted by molar-refractivity contribution is 0.599. The number of aromatic nitrogens is 3. The second-order valence-corrected chi connectivity index (χ2v) is 6.80. The number of nitrogens with two attached hydrogens (primary N) is 1. The Balaban J connectivity index is 1.95. The van der Waals surface area contributed by atoms with Crippen LogP contribution in [0, 0.1) is 6.92 Å². The van der Waals surface area contributed by atoms with E-state index in [9.17, 15) is 0 Å². The number of hydrogen-bond donors (Lipinski definition) is 3. The molecule has 0 aromatic carbocycles. The van der Waals surface area contributed by atoms with E-state index in [1.54, 1.807) is 11.3 Å². The Labute approximate surface area is 128 Å². The zero-order valence-corrected chi connectivity index (χ0v) is 13.3. The van der Waals surface area contributed by atoms with E-state index in [-0.39, 0.29) is 5.54 Å². The molecule has 4 N–H and O–H groups in total. The zero-order chi connectivity index (χ0) is 15.0. The van der Waals surface area contributed by atoms with E-state index in [2.05, 4.69) is 34.6 Å². The van der Waals surface area contributed by atoms with Crippen molar-refractivity contribution in [3.8, 4) is 0 Å². The number of anilines is 2. The van der Waals surface area contributed by atoms with Crippen molar-refractivity contribution in [1.82, 2.24) is 15.0 Å². The quantitative estimate of drug-likeness (QED) is 0.581. The second-order valence-electron chi connectivity index (χ2n) is 5.91. The summed E-state index contributed by atoms with van der Waals surface area (Å²) < 4.78 is 0. The van der Waals surface area contributed by atoms with Crippen molar-refractivity contribution >= 4 is 23.0 Å². The van der Waals surface area contributed by atoms with Crippen LogP contribution in [-0.4, -0.2) is 15.0 Å². The molecule has 1 aliphatic rings. The molecule has 21 heavy (non-hydrogen) atoms. The first-order valence-corrected chi connectivity index (χ1v) is 7.92. The maximum atomic E-state index is 5.59. The minimum absolute atomic E-state index is 0.292. The third-order valence-electron chi connectivity index (χ3n) is 3.64. The van der Waals surface area contributed by atoms with Crippen molar-refractivity contribution in [2.45, 2.75) is 45.1 Å². The Morgan fingerprint density at radius 3 is 2.57 bits per heavy atom. The maximum absolute atomic E-state index is 5.59. The second kappa shape index (κ2) is 5.23. The van der Waals surface area contributed by atoms with Gasteiger partial charge in [-0.25, -0.2) is 20.8 Å². The molecule has 2 aromatic rings. The van der Waals surface area contributed by atoms with E-state index in [1.165, 1.54) is 0 Å². The Kier molecular flexibility index (Phi) is 3.54. The van der Waals surface area contributed by atoms with Crippen LogP contribution in [0.15, 0.2) is 11.6 Å². The van der Waals surface area contributed by atoms with E-state index in [4.69, 9.17) is 10.8 Å². The van der Waals surface area contributed by atoms with Crippen LogP contribution in [0.3, 0.4) is 0 Å². The predicted octanol–water partition coefficient (Wildman–Crippen LogP) is 2.75. The molecule has 0 radical (unpaired) electrons. The molecule has 1 saturated carbocycles. The SMILES string of the molecule is Cc1c(NN)nc(C2CC2)nc1NC(C)(C)c1nccs1. The van der Waals surface area contributed by atoms with Crippen molar-refractivity contribution in [3.05, 3.63) is 28.0 Å². The van der Waals surface area contributed by atoms with Crippen molar-refractivity contribution in [1.29, 1.82) is 0 Å². The third kappa shape index (κ3) is 2.84. The van der Waals surface area contributed by atoms with Crippen LogP contribution in [0.25, 0.3) is 0 Å². The van der Waals surface area contributed by atoms with Crippen LogP contribution in [0.2, 0.25) is 0 Å². The van der Waals surface area contributed by atoms with Gasteiger partial charge in [0.05, 0.1) is 5.54 Å². The smallest absolute Gasteiger partial charge is 0.148 e. The van der Waals surface area contributed by atoms with Gasteiger partial charge in [0.25, 0.3) is 0 Å². The molecule has 1 aliphatic carbocycles. The van der Waals surface area contributed by atoms with Crippen LogP contribution >= 0.6 is 11.3 Å². The molecule has 0 atom stereocenters. The molecule has 0 aliphatic heterocycles. The van der Waals surface area contributed by atoms with Crippen LogP contribution < -0.4 is 16.6 Å². The minimum atomic E-state index is -0.292. The predicted molar refractivity (Wildman–Crippen MR) is 85.3 cm³/mol.